The van der Waals surface area contributed by atoms with Gasteiger partial charge in [-0.2, -0.15) is 5.26 Å². The van der Waals surface area contributed by atoms with Gasteiger partial charge in [-0.05, 0) is 69.3 Å². The average molecular weight is 543 g/mol. The van der Waals surface area contributed by atoms with Crippen LogP contribution < -0.4 is 10.5 Å². The van der Waals surface area contributed by atoms with E-state index in [1.807, 2.05) is 66.7 Å². The van der Waals surface area contributed by atoms with Crippen molar-refractivity contribution in [3.8, 4) is 17.6 Å². The summed E-state index contributed by atoms with van der Waals surface area (Å²) < 4.78 is 6.74. The molecule has 0 aliphatic carbocycles. The second-order valence-corrected chi connectivity index (χ2v) is 8.96. The molecule has 6 heteroatoms. The maximum atomic E-state index is 10.6. The molecule has 5 nitrogen and oxygen atoms in total. The summed E-state index contributed by atoms with van der Waals surface area (Å²) in [5, 5.41) is 22.7. The first-order valence-corrected chi connectivity index (χ1v) is 11.3. The molecular formula is C27H18IN3O2. The van der Waals surface area contributed by atoms with Crippen LogP contribution in [0.25, 0.3) is 10.8 Å². The summed E-state index contributed by atoms with van der Waals surface area (Å²) in [5.74, 6) is 0.0938. The highest BCUT2D eigenvalue weighted by Crippen LogP contribution is 2.44. The van der Waals surface area contributed by atoms with E-state index < -0.39 is 5.92 Å². The first-order valence-electron chi connectivity index (χ1n) is 10.3. The van der Waals surface area contributed by atoms with Crippen molar-refractivity contribution in [1.82, 2.24) is 0 Å². The highest BCUT2D eigenvalue weighted by atomic mass is 127. The van der Waals surface area contributed by atoms with Crippen LogP contribution in [0, 0.1) is 14.9 Å². The zero-order chi connectivity index (χ0) is 22.9. The Kier molecular flexibility index (Phi) is 5.48. The number of nitriles is 1. The summed E-state index contributed by atoms with van der Waals surface area (Å²) in [6.45, 7) is 0. The van der Waals surface area contributed by atoms with Crippen molar-refractivity contribution in [3.63, 3.8) is 0 Å². The first kappa shape index (κ1) is 21.0. The third kappa shape index (κ3) is 4.03. The van der Waals surface area contributed by atoms with Crippen molar-refractivity contribution in [2.75, 3.05) is 0 Å². The predicted molar refractivity (Wildman–Crippen MR) is 138 cm³/mol. The Morgan fingerprint density at radius 1 is 1.00 bits per heavy atom. The number of ether oxygens (including phenoxy) is 1. The molecule has 3 N–H and O–H groups in total. The van der Waals surface area contributed by atoms with Gasteiger partial charge in [0.2, 0.25) is 5.88 Å². The van der Waals surface area contributed by atoms with E-state index in [-0.39, 0.29) is 11.6 Å². The number of fused-ring (bicyclic) bond motifs is 2. The largest absolute Gasteiger partial charge is 0.507 e. The second kappa shape index (κ2) is 8.60. The highest BCUT2D eigenvalue weighted by Gasteiger charge is 2.31. The molecule has 0 saturated heterocycles. The second-order valence-electron chi connectivity index (χ2n) is 7.72. The number of allylic oxidation sites excluding steroid dienone is 1. The van der Waals surface area contributed by atoms with Crippen molar-refractivity contribution < 1.29 is 9.84 Å². The molecular weight excluding hydrogens is 525 g/mol. The molecule has 0 bridgehead atoms. The molecule has 1 atom stereocenters. The van der Waals surface area contributed by atoms with E-state index in [2.05, 4.69) is 39.7 Å². The van der Waals surface area contributed by atoms with Crippen molar-refractivity contribution in [3.05, 3.63) is 111 Å². The maximum absolute atomic E-state index is 10.6. The Balaban J connectivity index is 1.59. The molecule has 0 saturated carbocycles. The van der Waals surface area contributed by atoms with Gasteiger partial charge < -0.3 is 15.6 Å². The third-order valence-corrected chi connectivity index (χ3v) is 6.30. The van der Waals surface area contributed by atoms with Crippen LogP contribution in [0.3, 0.4) is 0 Å². The van der Waals surface area contributed by atoms with Crippen LogP contribution >= 0.6 is 22.6 Å². The monoisotopic (exact) mass is 543 g/mol. The molecule has 33 heavy (non-hydrogen) atoms. The first-order chi connectivity index (χ1) is 16.0. The number of hydrogen-bond donors (Lipinski definition) is 2. The summed E-state index contributed by atoms with van der Waals surface area (Å²) in [6.07, 6.45) is 1.62. The van der Waals surface area contributed by atoms with Crippen LogP contribution in [0.2, 0.25) is 0 Å². The number of nitrogens with zero attached hydrogens (tertiary/aromatic N) is 2. The van der Waals surface area contributed by atoms with Gasteiger partial charge in [0.1, 0.15) is 23.1 Å². The third-order valence-electron chi connectivity index (χ3n) is 5.63. The molecule has 4 aromatic carbocycles. The predicted octanol–water partition coefficient (Wildman–Crippen LogP) is 6.12. The van der Waals surface area contributed by atoms with E-state index >= 15 is 0 Å². The van der Waals surface area contributed by atoms with Gasteiger partial charge in [-0.25, -0.2) is 0 Å². The summed E-state index contributed by atoms with van der Waals surface area (Å²) in [4.78, 5) is 4.57. The lowest BCUT2D eigenvalue weighted by Gasteiger charge is -2.27. The molecule has 1 heterocycles. The Morgan fingerprint density at radius 2 is 1.82 bits per heavy atom. The molecule has 5 rings (SSSR count). The van der Waals surface area contributed by atoms with Crippen LogP contribution in [-0.2, 0) is 0 Å². The minimum Gasteiger partial charge on any atom is -0.507 e. The zero-order valence-corrected chi connectivity index (χ0v) is 19.5. The average Bonchev–Trinajstić information content (AvgIpc) is 2.82. The van der Waals surface area contributed by atoms with E-state index in [9.17, 15) is 10.4 Å². The summed E-state index contributed by atoms with van der Waals surface area (Å²) in [6, 6.07) is 27.5. The minimum absolute atomic E-state index is 0.0212. The van der Waals surface area contributed by atoms with Crippen LogP contribution in [-0.4, -0.2) is 11.3 Å². The van der Waals surface area contributed by atoms with Crippen LogP contribution in [0.4, 0.5) is 5.69 Å². The Morgan fingerprint density at radius 3 is 2.61 bits per heavy atom. The van der Waals surface area contributed by atoms with Crippen LogP contribution in [0.5, 0.6) is 11.5 Å². The number of halogens is 1. The van der Waals surface area contributed by atoms with Gasteiger partial charge in [-0.15, -0.1) is 0 Å². The van der Waals surface area contributed by atoms with Gasteiger partial charge in [-0.3, -0.25) is 4.99 Å². The van der Waals surface area contributed by atoms with Gasteiger partial charge in [-0.1, -0.05) is 42.5 Å². The summed E-state index contributed by atoms with van der Waals surface area (Å²) in [7, 11) is 0. The quantitative estimate of drug-likeness (QED) is 0.241. The molecule has 0 amide bonds. The number of benzene rings is 4. The van der Waals surface area contributed by atoms with Gasteiger partial charge in [0.05, 0.1) is 11.6 Å². The fourth-order valence-electron chi connectivity index (χ4n) is 4.05. The van der Waals surface area contributed by atoms with Gasteiger partial charge in [0.25, 0.3) is 0 Å². The SMILES string of the molecule is N#CC1=C(N)Oc2cc(O)c(C=Nc3ccc4ccccc4c3)cc2C1c1cccc(I)c1. The normalized spacial score (nSPS) is 15.3. The Hall–Kier alpha value is -3.83. The number of rotatable bonds is 3. The molecule has 1 aliphatic rings. The van der Waals surface area contributed by atoms with Gasteiger partial charge in [0, 0.05) is 27.0 Å². The van der Waals surface area contributed by atoms with E-state index in [0.717, 1.165) is 31.2 Å². The molecule has 1 unspecified atom stereocenters. The van der Waals surface area contributed by atoms with Gasteiger partial charge >= 0.3 is 0 Å². The number of aliphatic imine (C=N–C) groups is 1. The minimum atomic E-state index is -0.401. The topological polar surface area (TPSA) is 91.6 Å². The fraction of sp³-hybridized carbons (Fsp3) is 0.0370. The number of aromatic hydroxyl groups is 1. The maximum Gasteiger partial charge on any atom is 0.205 e. The number of phenolic OH excluding ortho intramolecular Hbond substituents is 1. The standard InChI is InChI=1S/C27H18IN3O2/c28-20-7-3-6-18(10-20)26-22-12-19(24(32)13-25(22)33-27(30)23(26)14-29)15-31-21-9-8-16-4-1-2-5-17(16)11-21/h1-13,15,26,32H,30H2. The lowest BCUT2D eigenvalue weighted by molar-refractivity contribution is 0.388. The Bertz CT molecular complexity index is 1500. The van der Waals surface area contributed by atoms with E-state index in [4.69, 9.17) is 10.5 Å². The van der Waals surface area contributed by atoms with E-state index in [1.165, 1.54) is 6.07 Å². The smallest absolute Gasteiger partial charge is 0.205 e. The van der Waals surface area contributed by atoms with Crippen LogP contribution in [0.1, 0.15) is 22.6 Å². The van der Waals surface area contributed by atoms with Crippen molar-refractivity contribution in [2.45, 2.75) is 5.92 Å². The zero-order valence-electron chi connectivity index (χ0n) is 17.4. The van der Waals surface area contributed by atoms with E-state index in [0.29, 0.717) is 16.9 Å². The van der Waals surface area contributed by atoms with Crippen molar-refractivity contribution in [1.29, 1.82) is 5.26 Å². The molecule has 0 fully saturated rings. The molecule has 0 radical (unpaired) electrons. The molecule has 0 aromatic heterocycles. The lowest BCUT2D eigenvalue weighted by atomic mass is 9.83. The molecule has 160 valence electrons. The van der Waals surface area contributed by atoms with Crippen molar-refractivity contribution in [2.24, 2.45) is 10.7 Å². The molecule has 4 aromatic rings. The van der Waals surface area contributed by atoms with Crippen molar-refractivity contribution >= 4 is 45.3 Å². The highest BCUT2D eigenvalue weighted by molar-refractivity contribution is 14.1. The summed E-state index contributed by atoms with van der Waals surface area (Å²) >= 11 is 2.24. The number of phenols is 1. The number of hydrogen-bond acceptors (Lipinski definition) is 5. The number of nitrogens with two attached hydrogens (primary N) is 1. The lowest BCUT2D eigenvalue weighted by Crippen LogP contribution is -2.21. The Labute approximate surface area is 204 Å². The fourth-order valence-corrected chi connectivity index (χ4v) is 4.61. The molecule has 0 spiro atoms. The van der Waals surface area contributed by atoms with Gasteiger partial charge in [0.15, 0.2) is 0 Å². The van der Waals surface area contributed by atoms with Crippen LogP contribution in [0.15, 0.2) is 95.3 Å². The van der Waals surface area contributed by atoms with E-state index in [1.54, 1.807) is 6.21 Å². The molecule has 1 aliphatic heterocycles. The summed E-state index contributed by atoms with van der Waals surface area (Å²) in [5.41, 5.74) is 9.38.